The van der Waals surface area contributed by atoms with E-state index in [4.69, 9.17) is 9.47 Å². The van der Waals surface area contributed by atoms with Crippen LogP contribution in [0.15, 0.2) is 35.3 Å². The van der Waals surface area contributed by atoms with E-state index in [2.05, 4.69) is 0 Å². The minimum atomic E-state index is -0.165. The van der Waals surface area contributed by atoms with Gasteiger partial charge in [0.2, 0.25) is 5.91 Å². The molecule has 1 aromatic heterocycles. The number of nitrogens with zero attached hydrogens (tertiary/aromatic N) is 2. The maximum absolute atomic E-state index is 12.5. The molecule has 2 aromatic rings. The lowest BCUT2D eigenvalue weighted by molar-refractivity contribution is -0.135. The van der Waals surface area contributed by atoms with Gasteiger partial charge in [-0.05, 0) is 29.7 Å². The molecule has 116 valence electrons. The van der Waals surface area contributed by atoms with Gasteiger partial charge in [0.25, 0.3) is 5.56 Å². The average molecular weight is 302 g/mol. The van der Waals surface area contributed by atoms with E-state index in [0.29, 0.717) is 37.4 Å². The van der Waals surface area contributed by atoms with Gasteiger partial charge < -0.3 is 18.9 Å². The number of benzene rings is 1. The van der Waals surface area contributed by atoms with Gasteiger partial charge in [0.15, 0.2) is 0 Å². The van der Waals surface area contributed by atoms with Gasteiger partial charge in [-0.25, -0.2) is 0 Å². The van der Waals surface area contributed by atoms with Crippen molar-refractivity contribution in [2.75, 3.05) is 33.4 Å². The van der Waals surface area contributed by atoms with Crippen LogP contribution in [-0.4, -0.2) is 48.8 Å². The first kappa shape index (κ1) is 14.6. The summed E-state index contributed by atoms with van der Waals surface area (Å²) in [5, 5.41) is 1.39. The number of hydrogen-bond donors (Lipinski definition) is 0. The number of methoxy groups -OCH3 is 1. The quantitative estimate of drug-likeness (QED) is 0.844. The molecule has 0 atom stereocenters. The fraction of sp³-hybridized carbons (Fsp3) is 0.375. The third kappa shape index (κ3) is 2.82. The van der Waals surface area contributed by atoms with Crippen molar-refractivity contribution in [2.24, 2.45) is 0 Å². The van der Waals surface area contributed by atoms with Crippen molar-refractivity contribution in [1.29, 1.82) is 0 Å². The summed E-state index contributed by atoms with van der Waals surface area (Å²) in [6.07, 6.45) is 1.66. The highest BCUT2D eigenvalue weighted by Crippen LogP contribution is 2.17. The van der Waals surface area contributed by atoms with Crippen LogP contribution in [0.4, 0.5) is 0 Å². The lowest BCUT2D eigenvalue weighted by atomic mass is 10.1. The topological polar surface area (TPSA) is 60.8 Å². The number of amides is 1. The predicted octanol–water partition coefficient (Wildman–Crippen LogP) is 0.869. The molecule has 0 unspecified atom stereocenters. The van der Waals surface area contributed by atoms with E-state index in [1.165, 1.54) is 4.57 Å². The summed E-state index contributed by atoms with van der Waals surface area (Å²) in [5.74, 6) is 0.646. The van der Waals surface area contributed by atoms with Crippen molar-refractivity contribution >= 4 is 16.7 Å². The van der Waals surface area contributed by atoms with Gasteiger partial charge in [-0.3, -0.25) is 9.59 Å². The summed E-state index contributed by atoms with van der Waals surface area (Å²) in [7, 11) is 1.59. The van der Waals surface area contributed by atoms with E-state index in [1.807, 2.05) is 12.1 Å². The Bertz CT molecular complexity index is 747. The zero-order chi connectivity index (χ0) is 15.5. The van der Waals surface area contributed by atoms with Gasteiger partial charge >= 0.3 is 0 Å². The van der Waals surface area contributed by atoms with Crippen LogP contribution in [0.2, 0.25) is 0 Å². The zero-order valence-corrected chi connectivity index (χ0v) is 12.4. The van der Waals surface area contributed by atoms with Crippen LogP contribution in [0.3, 0.4) is 0 Å². The van der Waals surface area contributed by atoms with Crippen molar-refractivity contribution in [2.45, 2.75) is 6.54 Å². The molecule has 0 saturated carbocycles. The maximum atomic E-state index is 12.5. The Balaban J connectivity index is 1.86. The first-order valence-electron chi connectivity index (χ1n) is 7.22. The van der Waals surface area contributed by atoms with E-state index in [0.717, 1.165) is 5.39 Å². The third-order valence-corrected chi connectivity index (χ3v) is 3.85. The number of ether oxygens (including phenoxy) is 2. The largest absolute Gasteiger partial charge is 0.497 e. The molecule has 1 aromatic carbocycles. The monoisotopic (exact) mass is 302 g/mol. The van der Waals surface area contributed by atoms with Gasteiger partial charge in [0.05, 0.1) is 20.3 Å². The summed E-state index contributed by atoms with van der Waals surface area (Å²) < 4.78 is 11.8. The molecular formula is C16H18N2O4. The predicted molar refractivity (Wildman–Crippen MR) is 82.2 cm³/mol. The normalized spacial score (nSPS) is 15.0. The standard InChI is InChI=1S/C16H18N2O4/c1-21-13-2-3-14-12(10-13)4-5-18(16(14)20)11-15(19)17-6-8-22-9-7-17/h2-5,10H,6-9,11H2,1H3. The molecule has 0 bridgehead atoms. The second-order valence-electron chi connectivity index (χ2n) is 5.20. The Morgan fingerprint density at radius 2 is 2.05 bits per heavy atom. The molecule has 6 heteroatoms. The summed E-state index contributed by atoms with van der Waals surface area (Å²) in [4.78, 5) is 26.5. The first-order chi connectivity index (χ1) is 10.7. The molecule has 0 radical (unpaired) electrons. The molecule has 1 aliphatic rings. The van der Waals surface area contributed by atoms with Crippen molar-refractivity contribution in [1.82, 2.24) is 9.47 Å². The molecule has 1 fully saturated rings. The third-order valence-electron chi connectivity index (χ3n) is 3.85. The van der Waals surface area contributed by atoms with Crippen LogP contribution >= 0.6 is 0 Å². The van der Waals surface area contributed by atoms with Crippen LogP contribution in [0.1, 0.15) is 0 Å². The van der Waals surface area contributed by atoms with Gasteiger partial charge in [0.1, 0.15) is 12.3 Å². The molecule has 0 N–H and O–H groups in total. The van der Waals surface area contributed by atoms with Gasteiger partial charge in [-0.1, -0.05) is 0 Å². The molecule has 3 rings (SSSR count). The Morgan fingerprint density at radius 1 is 1.27 bits per heavy atom. The molecule has 0 aliphatic carbocycles. The number of fused-ring (bicyclic) bond motifs is 1. The molecular weight excluding hydrogens is 284 g/mol. The van der Waals surface area contributed by atoms with E-state index in [1.54, 1.807) is 30.3 Å². The maximum Gasteiger partial charge on any atom is 0.258 e. The fourth-order valence-electron chi connectivity index (χ4n) is 2.58. The highest BCUT2D eigenvalue weighted by atomic mass is 16.5. The molecule has 2 heterocycles. The number of carbonyl (C=O) groups is 1. The van der Waals surface area contributed by atoms with E-state index in [-0.39, 0.29) is 18.0 Å². The first-order valence-corrected chi connectivity index (χ1v) is 7.22. The fourth-order valence-corrected chi connectivity index (χ4v) is 2.58. The van der Waals surface area contributed by atoms with Crippen molar-refractivity contribution in [3.63, 3.8) is 0 Å². The summed E-state index contributed by atoms with van der Waals surface area (Å²) in [6, 6.07) is 7.11. The van der Waals surface area contributed by atoms with Gasteiger partial charge in [-0.15, -0.1) is 0 Å². The smallest absolute Gasteiger partial charge is 0.258 e. The minimum absolute atomic E-state index is 0.0564. The van der Waals surface area contributed by atoms with E-state index < -0.39 is 0 Å². The Kier molecular flexibility index (Phi) is 4.11. The minimum Gasteiger partial charge on any atom is -0.497 e. The summed E-state index contributed by atoms with van der Waals surface area (Å²) >= 11 is 0. The van der Waals surface area contributed by atoms with Crippen LogP contribution in [-0.2, 0) is 16.1 Å². The lowest BCUT2D eigenvalue weighted by Gasteiger charge is -2.27. The Morgan fingerprint density at radius 3 is 2.77 bits per heavy atom. The SMILES string of the molecule is COc1ccc2c(=O)n(CC(=O)N3CCOCC3)ccc2c1. The van der Waals surface area contributed by atoms with Crippen LogP contribution in [0, 0.1) is 0 Å². The number of hydrogen-bond acceptors (Lipinski definition) is 4. The van der Waals surface area contributed by atoms with E-state index >= 15 is 0 Å². The average Bonchev–Trinajstić information content (AvgIpc) is 2.57. The Labute approximate surface area is 127 Å². The van der Waals surface area contributed by atoms with Crippen molar-refractivity contribution < 1.29 is 14.3 Å². The van der Waals surface area contributed by atoms with Crippen molar-refractivity contribution in [3.05, 3.63) is 40.8 Å². The highest BCUT2D eigenvalue weighted by molar-refractivity contribution is 5.83. The molecule has 0 spiro atoms. The lowest BCUT2D eigenvalue weighted by Crippen LogP contribution is -2.43. The summed E-state index contributed by atoms with van der Waals surface area (Å²) in [6.45, 7) is 2.33. The molecule has 6 nitrogen and oxygen atoms in total. The second-order valence-corrected chi connectivity index (χ2v) is 5.20. The molecule has 22 heavy (non-hydrogen) atoms. The zero-order valence-electron chi connectivity index (χ0n) is 12.4. The molecule has 1 saturated heterocycles. The molecule has 1 aliphatic heterocycles. The number of rotatable bonds is 3. The second kappa shape index (κ2) is 6.19. The summed E-state index contributed by atoms with van der Waals surface area (Å²) in [5.41, 5.74) is -0.165. The number of carbonyl (C=O) groups excluding carboxylic acids is 1. The van der Waals surface area contributed by atoms with Gasteiger partial charge in [-0.2, -0.15) is 0 Å². The number of aromatic nitrogens is 1. The number of pyridine rings is 1. The number of morpholine rings is 1. The van der Waals surface area contributed by atoms with Crippen molar-refractivity contribution in [3.8, 4) is 5.75 Å². The highest BCUT2D eigenvalue weighted by Gasteiger charge is 2.17. The van der Waals surface area contributed by atoms with Gasteiger partial charge in [0, 0.05) is 24.7 Å². The van der Waals surface area contributed by atoms with Crippen LogP contribution in [0.5, 0.6) is 5.75 Å². The molecule has 1 amide bonds. The van der Waals surface area contributed by atoms with Crippen LogP contribution in [0.25, 0.3) is 10.8 Å². The van der Waals surface area contributed by atoms with Crippen LogP contribution < -0.4 is 10.3 Å². The van der Waals surface area contributed by atoms with E-state index in [9.17, 15) is 9.59 Å². The Hall–Kier alpha value is -2.34.